The molecule has 0 fully saturated rings. The van der Waals surface area contributed by atoms with E-state index in [1.54, 1.807) is 14.2 Å². The van der Waals surface area contributed by atoms with Crippen LogP contribution in [0.25, 0.3) is 0 Å². The van der Waals surface area contributed by atoms with E-state index >= 15 is 0 Å². The van der Waals surface area contributed by atoms with Crippen LogP contribution >= 0.6 is 0 Å². The summed E-state index contributed by atoms with van der Waals surface area (Å²) in [5, 5.41) is 0. The third-order valence-electron chi connectivity index (χ3n) is 2.18. The van der Waals surface area contributed by atoms with Crippen molar-refractivity contribution in [3.63, 3.8) is 0 Å². The maximum atomic E-state index is 4.96. The zero-order valence-corrected chi connectivity index (χ0v) is 11.3. The number of unbranched alkanes of at least 4 members (excludes halogenated alkanes) is 2. The van der Waals surface area contributed by atoms with Crippen molar-refractivity contribution < 1.29 is 9.47 Å². The average molecular weight is 218 g/mol. The minimum Gasteiger partial charge on any atom is -0.385 e. The van der Waals surface area contributed by atoms with Crippen LogP contribution < -0.4 is 0 Å². The van der Waals surface area contributed by atoms with Gasteiger partial charge in [0.1, 0.15) is 0 Å². The van der Waals surface area contributed by atoms with E-state index in [2.05, 4.69) is 20.8 Å². The van der Waals surface area contributed by atoms with E-state index in [1.807, 2.05) is 0 Å². The predicted molar refractivity (Wildman–Crippen MR) is 67.3 cm³/mol. The summed E-state index contributed by atoms with van der Waals surface area (Å²) in [5.74, 6) is 0.741. The molecule has 0 amide bonds. The lowest BCUT2D eigenvalue weighted by Gasteiger charge is -2.06. The van der Waals surface area contributed by atoms with Crippen LogP contribution in [0, 0.1) is 5.92 Å². The van der Waals surface area contributed by atoms with Crippen molar-refractivity contribution in [2.45, 2.75) is 52.9 Å². The molecule has 0 heterocycles. The van der Waals surface area contributed by atoms with Crippen molar-refractivity contribution in [1.82, 2.24) is 0 Å². The summed E-state index contributed by atoms with van der Waals surface area (Å²) in [5.41, 5.74) is 0. The number of methoxy groups -OCH3 is 2. The quantitative estimate of drug-likeness (QED) is 0.575. The molecule has 0 aromatic carbocycles. The second-order valence-electron chi connectivity index (χ2n) is 4.05. The van der Waals surface area contributed by atoms with Crippen molar-refractivity contribution in [3.8, 4) is 0 Å². The fourth-order valence-corrected chi connectivity index (χ4v) is 1.36. The fraction of sp³-hybridized carbons (Fsp3) is 1.00. The summed E-state index contributed by atoms with van der Waals surface area (Å²) in [6, 6.07) is 0. The molecule has 0 bridgehead atoms. The number of hydrogen-bond acceptors (Lipinski definition) is 2. The first-order valence-corrected chi connectivity index (χ1v) is 6.20. The zero-order valence-electron chi connectivity index (χ0n) is 11.3. The maximum Gasteiger partial charge on any atom is 0.0487 e. The Morgan fingerprint density at radius 2 is 1.60 bits per heavy atom. The van der Waals surface area contributed by atoms with Crippen LogP contribution in [0.4, 0.5) is 0 Å². The zero-order chi connectivity index (χ0) is 11.9. The molecule has 0 aromatic rings. The summed E-state index contributed by atoms with van der Waals surface area (Å²) in [6.45, 7) is 8.44. The van der Waals surface area contributed by atoms with Crippen LogP contribution in [0.3, 0.4) is 0 Å². The molecule has 2 heteroatoms. The summed E-state index contributed by atoms with van der Waals surface area (Å²) < 4.78 is 9.80. The topological polar surface area (TPSA) is 18.5 Å². The molecule has 0 aliphatic rings. The second kappa shape index (κ2) is 16.4. The molecule has 0 radical (unpaired) electrons. The molecule has 0 N–H and O–H groups in total. The lowest BCUT2D eigenvalue weighted by molar-refractivity contribution is 0.155. The van der Waals surface area contributed by atoms with E-state index in [0.717, 1.165) is 19.1 Å². The maximum absolute atomic E-state index is 4.96. The van der Waals surface area contributed by atoms with Gasteiger partial charge < -0.3 is 9.47 Å². The van der Waals surface area contributed by atoms with Crippen LogP contribution in [0.1, 0.15) is 52.9 Å². The Hall–Kier alpha value is -0.0800. The molecule has 0 spiro atoms. The van der Waals surface area contributed by atoms with Gasteiger partial charge in [-0.2, -0.15) is 0 Å². The van der Waals surface area contributed by atoms with Crippen LogP contribution in [0.15, 0.2) is 0 Å². The van der Waals surface area contributed by atoms with Gasteiger partial charge in [-0.15, -0.1) is 0 Å². The number of ether oxygens (including phenoxy) is 2. The first kappa shape index (κ1) is 17.3. The molecule has 0 rings (SSSR count). The van der Waals surface area contributed by atoms with Crippen molar-refractivity contribution >= 4 is 0 Å². The Kier molecular flexibility index (Phi) is 18.9. The van der Waals surface area contributed by atoms with E-state index in [0.29, 0.717) is 0 Å². The molecule has 0 aromatic heterocycles. The summed E-state index contributed by atoms with van der Waals surface area (Å²) in [6.07, 6.45) is 6.35. The molecular formula is C13H30O2. The Balaban J connectivity index is 0. The Morgan fingerprint density at radius 3 is 2.00 bits per heavy atom. The SMILES string of the molecule is CCCC(C)COC.CCCCCOC. The molecule has 0 saturated heterocycles. The van der Waals surface area contributed by atoms with Crippen molar-refractivity contribution in [2.24, 2.45) is 5.92 Å². The van der Waals surface area contributed by atoms with Crippen molar-refractivity contribution in [2.75, 3.05) is 27.4 Å². The lowest BCUT2D eigenvalue weighted by atomic mass is 10.1. The van der Waals surface area contributed by atoms with Gasteiger partial charge in [0.25, 0.3) is 0 Å². The average Bonchev–Trinajstić information content (AvgIpc) is 2.20. The van der Waals surface area contributed by atoms with Crippen LogP contribution in [0.2, 0.25) is 0 Å². The highest BCUT2D eigenvalue weighted by Gasteiger charge is 1.96. The molecule has 15 heavy (non-hydrogen) atoms. The highest BCUT2D eigenvalue weighted by Crippen LogP contribution is 2.03. The molecule has 0 saturated carbocycles. The van der Waals surface area contributed by atoms with E-state index in [4.69, 9.17) is 9.47 Å². The van der Waals surface area contributed by atoms with Gasteiger partial charge in [0, 0.05) is 27.4 Å². The van der Waals surface area contributed by atoms with Gasteiger partial charge in [-0.25, -0.2) is 0 Å². The molecular weight excluding hydrogens is 188 g/mol. The van der Waals surface area contributed by atoms with Crippen LogP contribution in [-0.4, -0.2) is 27.4 Å². The Labute approximate surface area is 96.4 Å². The van der Waals surface area contributed by atoms with Crippen molar-refractivity contribution in [3.05, 3.63) is 0 Å². The molecule has 2 nitrogen and oxygen atoms in total. The Morgan fingerprint density at radius 1 is 0.933 bits per heavy atom. The largest absolute Gasteiger partial charge is 0.385 e. The normalized spacial score (nSPS) is 11.8. The van der Waals surface area contributed by atoms with Gasteiger partial charge in [0.05, 0.1) is 0 Å². The van der Waals surface area contributed by atoms with Gasteiger partial charge in [0.2, 0.25) is 0 Å². The van der Waals surface area contributed by atoms with Gasteiger partial charge in [0.15, 0.2) is 0 Å². The minimum absolute atomic E-state index is 0.741. The molecule has 94 valence electrons. The van der Waals surface area contributed by atoms with Gasteiger partial charge >= 0.3 is 0 Å². The second-order valence-corrected chi connectivity index (χ2v) is 4.05. The molecule has 1 unspecified atom stereocenters. The van der Waals surface area contributed by atoms with Crippen molar-refractivity contribution in [1.29, 1.82) is 0 Å². The van der Waals surface area contributed by atoms with Crippen LogP contribution in [0.5, 0.6) is 0 Å². The summed E-state index contributed by atoms with van der Waals surface area (Å²) in [7, 11) is 3.50. The van der Waals surface area contributed by atoms with Gasteiger partial charge in [-0.1, -0.05) is 40.0 Å². The van der Waals surface area contributed by atoms with Gasteiger partial charge in [-0.3, -0.25) is 0 Å². The van der Waals surface area contributed by atoms with Crippen LogP contribution in [-0.2, 0) is 9.47 Å². The first-order chi connectivity index (χ1) is 7.22. The number of hydrogen-bond donors (Lipinski definition) is 0. The monoisotopic (exact) mass is 218 g/mol. The highest BCUT2D eigenvalue weighted by molar-refractivity contribution is 4.47. The lowest BCUT2D eigenvalue weighted by Crippen LogP contribution is -2.01. The first-order valence-electron chi connectivity index (χ1n) is 6.20. The minimum atomic E-state index is 0.741. The smallest absolute Gasteiger partial charge is 0.0487 e. The Bertz CT molecular complexity index is 84.5. The number of rotatable bonds is 8. The molecule has 0 aliphatic heterocycles. The molecule has 0 aliphatic carbocycles. The van der Waals surface area contributed by atoms with E-state index in [-0.39, 0.29) is 0 Å². The standard InChI is InChI=1S/C7H16O.C6H14O/c1-4-5-7(2)6-8-3;1-3-4-5-6-7-2/h7H,4-6H2,1-3H3;3-6H2,1-2H3. The van der Waals surface area contributed by atoms with Gasteiger partial charge in [-0.05, 0) is 18.8 Å². The van der Waals surface area contributed by atoms with E-state index in [9.17, 15) is 0 Å². The van der Waals surface area contributed by atoms with E-state index in [1.165, 1.54) is 32.1 Å². The predicted octanol–water partition coefficient (Wildman–Crippen LogP) is 3.89. The third-order valence-corrected chi connectivity index (χ3v) is 2.18. The highest BCUT2D eigenvalue weighted by atomic mass is 16.5. The van der Waals surface area contributed by atoms with E-state index < -0.39 is 0 Å². The summed E-state index contributed by atoms with van der Waals surface area (Å²) >= 11 is 0. The molecule has 1 atom stereocenters. The third kappa shape index (κ3) is 20.1. The fourth-order valence-electron chi connectivity index (χ4n) is 1.36. The summed E-state index contributed by atoms with van der Waals surface area (Å²) in [4.78, 5) is 0.